The monoisotopic (exact) mass is 810 g/mol. The summed E-state index contributed by atoms with van der Waals surface area (Å²) in [6, 6.07) is -1.53. The predicted octanol–water partition coefficient (Wildman–Crippen LogP) is 11.2. The second-order valence-electron chi connectivity index (χ2n) is 14.1. The van der Waals surface area contributed by atoms with Gasteiger partial charge in [0.15, 0.2) is 6.10 Å². The predicted molar refractivity (Wildman–Crippen MR) is 226 cm³/mol. The molecule has 1 unspecified atom stereocenters. The van der Waals surface area contributed by atoms with Crippen molar-refractivity contribution in [2.45, 2.75) is 180 Å². The maximum atomic E-state index is 12.6. The number of hydrogen-bond donors (Lipinski definition) is 3. The lowest BCUT2D eigenvalue weighted by molar-refractivity contribution is -0.161. The molecule has 3 atom stereocenters. The number of carbonyl (C=O) groups excluding carboxylic acids is 2. The number of carbonyl (C=O) groups is 3. The van der Waals surface area contributed by atoms with E-state index in [2.05, 4.69) is 67.0 Å². The summed E-state index contributed by atoms with van der Waals surface area (Å²) in [4.78, 5) is 45.9. The first-order valence-corrected chi connectivity index (χ1v) is 22.8. The molecular weight excluding hydrogens is 733 g/mol. The molecule has 0 aliphatic rings. The van der Waals surface area contributed by atoms with Crippen LogP contribution in [-0.2, 0) is 37.5 Å². The van der Waals surface area contributed by atoms with E-state index < -0.39 is 51.1 Å². The van der Waals surface area contributed by atoms with Crippen LogP contribution in [0.4, 0.5) is 0 Å². The van der Waals surface area contributed by atoms with Gasteiger partial charge in [-0.05, 0) is 77.0 Å². The minimum Gasteiger partial charge on any atom is -0.480 e. The van der Waals surface area contributed by atoms with Gasteiger partial charge in [-0.3, -0.25) is 23.4 Å². The van der Waals surface area contributed by atoms with Crippen molar-refractivity contribution in [2.75, 3.05) is 19.8 Å². The molecule has 0 saturated carbocycles. The number of phosphoric ester groups is 1. The van der Waals surface area contributed by atoms with Crippen molar-refractivity contribution < 1.29 is 47.5 Å². The molecule has 0 bridgehead atoms. The minimum absolute atomic E-state index is 0.0841. The van der Waals surface area contributed by atoms with E-state index in [1.807, 2.05) is 12.2 Å². The second kappa shape index (κ2) is 39.0. The largest absolute Gasteiger partial charge is 0.480 e. The Bertz CT molecular complexity index is 1180. The van der Waals surface area contributed by atoms with Crippen molar-refractivity contribution in [1.82, 2.24) is 0 Å². The summed E-state index contributed by atoms with van der Waals surface area (Å²) in [5.41, 5.74) is 5.32. The standard InChI is InChI=1S/C44H76NO10P/c1-3-5-7-9-11-13-15-17-19-20-22-24-26-28-30-32-34-36-43(47)55-40(38-53-56(50,51)54-39-41(45)44(48)49)37-52-42(46)35-33-31-29-27-25-23-21-18-16-14-12-10-8-6-4-2/h12,14,17-19,21-22,24,28,30,40-41H,3-11,13,15-16,20,23,25-27,29,31-39,45H2,1-2H3,(H,48,49)(H,50,51)/b14-12+,19-17+,21-18+,24-22+,30-28+/t40-,41+/m1/s1. The van der Waals surface area contributed by atoms with Gasteiger partial charge in [0.1, 0.15) is 12.6 Å². The number of aliphatic carboxylic acids is 1. The van der Waals surface area contributed by atoms with E-state index in [1.54, 1.807) is 0 Å². The van der Waals surface area contributed by atoms with Crippen molar-refractivity contribution in [3.63, 3.8) is 0 Å². The molecule has 0 aliphatic carbocycles. The SMILES string of the molecule is CCCCC/C=C/C/C=C/CCCCCCCC(=O)OC[C@H](COP(=O)(O)OC[C@H](N)C(=O)O)OC(=O)CCC/C=C/C/C=C/C/C=C/CCCCCCCC. The molecule has 0 heterocycles. The van der Waals surface area contributed by atoms with Gasteiger partial charge in [-0.2, -0.15) is 0 Å². The zero-order valence-corrected chi connectivity index (χ0v) is 35.6. The maximum absolute atomic E-state index is 12.6. The number of allylic oxidation sites excluding steroid dienone is 10. The first-order chi connectivity index (χ1) is 27.1. The number of unbranched alkanes of at least 4 members (excludes halogenated alkanes) is 15. The molecule has 0 aromatic carbocycles. The molecule has 322 valence electrons. The Morgan fingerprint density at radius 1 is 0.554 bits per heavy atom. The number of ether oxygens (including phenoxy) is 2. The summed E-state index contributed by atoms with van der Waals surface area (Å²) in [5.74, 6) is -2.47. The molecular formula is C44H76NO10P. The van der Waals surface area contributed by atoms with Crippen LogP contribution in [0, 0.1) is 0 Å². The molecule has 0 aromatic heterocycles. The highest BCUT2D eigenvalue weighted by Gasteiger charge is 2.28. The third kappa shape index (κ3) is 38.1. The number of hydrogen-bond acceptors (Lipinski definition) is 9. The second-order valence-corrected chi connectivity index (χ2v) is 15.6. The third-order valence-corrected chi connectivity index (χ3v) is 9.69. The Morgan fingerprint density at radius 3 is 1.50 bits per heavy atom. The van der Waals surface area contributed by atoms with Crippen molar-refractivity contribution >= 4 is 25.7 Å². The van der Waals surface area contributed by atoms with Crippen LogP contribution in [0.3, 0.4) is 0 Å². The van der Waals surface area contributed by atoms with Gasteiger partial charge in [-0.15, -0.1) is 0 Å². The van der Waals surface area contributed by atoms with Gasteiger partial charge in [0.25, 0.3) is 0 Å². The molecule has 12 heteroatoms. The number of esters is 2. The first-order valence-electron chi connectivity index (χ1n) is 21.3. The maximum Gasteiger partial charge on any atom is 0.472 e. The van der Waals surface area contributed by atoms with Crippen molar-refractivity contribution in [1.29, 1.82) is 0 Å². The van der Waals surface area contributed by atoms with Gasteiger partial charge in [0.2, 0.25) is 0 Å². The quantitative estimate of drug-likeness (QED) is 0.0233. The van der Waals surface area contributed by atoms with E-state index in [0.29, 0.717) is 19.3 Å². The Kier molecular flexibility index (Phi) is 37.1. The number of carboxylic acids is 1. The first kappa shape index (κ1) is 53.2. The fourth-order valence-corrected chi connectivity index (χ4v) is 6.12. The summed E-state index contributed by atoms with van der Waals surface area (Å²) in [6.07, 6.45) is 44.3. The van der Waals surface area contributed by atoms with Crippen LogP contribution in [0.2, 0.25) is 0 Å². The molecule has 11 nitrogen and oxygen atoms in total. The van der Waals surface area contributed by atoms with Crippen molar-refractivity contribution in [3.8, 4) is 0 Å². The van der Waals surface area contributed by atoms with E-state index in [4.69, 9.17) is 24.8 Å². The van der Waals surface area contributed by atoms with Crippen molar-refractivity contribution in [3.05, 3.63) is 60.8 Å². The van der Waals surface area contributed by atoms with Gasteiger partial charge in [-0.1, -0.05) is 139 Å². The van der Waals surface area contributed by atoms with Crippen LogP contribution >= 0.6 is 7.82 Å². The van der Waals surface area contributed by atoms with Crippen LogP contribution in [-0.4, -0.2) is 59.9 Å². The van der Waals surface area contributed by atoms with Crippen LogP contribution < -0.4 is 5.73 Å². The minimum atomic E-state index is -4.73. The van der Waals surface area contributed by atoms with Gasteiger partial charge >= 0.3 is 25.7 Å². The highest BCUT2D eigenvalue weighted by atomic mass is 31.2. The summed E-state index contributed by atoms with van der Waals surface area (Å²) < 4.78 is 32.6. The normalized spacial score (nSPS) is 14.4. The molecule has 0 saturated heterocycles. The zero-order chi connectivity index (χ0) is 41.4. The number of rotatable bonds is 39. The number of carboxylic acid groups (broad SMARTS) is 1. The van der Waals surface area contributed by atoms with E-state index in [9.17, 15) is 23.8 Å². The molecule has 0 rings (SSSR count). The van der Waals surface area contributed by atoms with E-state index >= 15 is 0 Å². The van der Waals surface area contributed by atoms with Gasteiger partial charge in [0, 0.05) is 12.8 Å². The molecule has 0 aliphatic heterocycles. The zero-order valence-electron chi connectivity index (χ0n) is 34.7. The van der Waals surface area contributed by atoms with E-state index in [1.165, 1.54) is 57.8 Å². The molecule has 4 N–H and O–H groups in total. The number of nitrogens with two attached hydrogens (primary N) is 1. The fourth-order valence-electron chi connectivity index (χ4n) is 5.34. The molecule has 56 heavy (non-hydrogen) atoms. The topological polar surface area (TPSA) is 172 Å². The molecule has 0 fully saturated rings. The Balaban J connectivity index is 4.50. The van der Waals surface area contributed by atoms with E-state index in [-0.39, 0.29) is 19.4 Å². The third-order valence-electron chi connectivity index (χ3n) is 8.74. The Hall–Kier alpha value is -2.82. The molecule has 0 spiro atoms. The van der Waals surface area contributed by atoms with Gasteiger partial charge in [-0.25, -0.2) is 4.57 Å². The van der Waals surface area contributed by atoms with Crippen molar-refractivity contribution in [2.24, 2.45) is 5.73 Å². The number of phosphoric acid groups is 1. The highest BCUT2D eigenvalue weighted by Crippen LogP contribution is 2.43. The summed E-state index contributed by atoms with van der Waals surface area (Å²) >= 11 is 0. The van der Waals surface area contributed by atoms with Gasteiger partial charge in [0.05, 0.1) is 13.2 Å². The Morgan fingerprint density at radius 2 is 0.964 bits per heavy atom. The van der Waals surface area contributed by atoms with Crippen LogP contribution in [0.25, 0.3) is 0 Å². The summed E-state index contributed by atoms with van der Waals surface area (Å²) in [5, 5.41) is 8.88. The lowest BCUT2D eigenvalue weighted by atomic mass is 10.1. The average molecular weight is 810 g/mol. The fraction of sp³-hybridized carbons (Fsp3) is 0.705. The summed E-state index contributed by atoms with van der Waals surface area (Å²) in [7, 11) is -4.73. The van der Waals surface area contributed by atoms with Crippen LogP contribution in [0.1, 0.15) is 168 Å². The lowest BCUT2D eigenvalue weighted by Crippen LogP contribution is -2.34. The Labute approximate surface area is 338 Å². The van der Waals surface area contributed by atoms with E-state index in [0.717, 1.165) is 64.2 Å². The molecule has 0 aromatic rings. The average Bonchev–Trinajstić information content (AvgIpc) is 3.17. The molecule has 0 amide bonds. The summed E-state index contributed by atoms with van der Waals surface area (Å²) in [6.45, 7) is 2.69. The lowest BCUT2D eigenvalue weighted by Gasteiger charge is -2.20. The van der Waals surface area contributed by atoms with Crippen LogP contribution in [0.15, 0.2) is 60.8 Å². The molecule has 0 radical (unpaired) electrons. The smallest absolute Gasteiger partial charge is 0.472 e. The van der Waals surface area contributed by atoms with Crippen LogP contribution in [0.5, 0.6) is 0 Å². The van der Waals surface area contributed by atoms with Gasteiger partial charge < -0.3 is 25.2 Å². The highest BCUT2D eigenvalue weighted by molar-refractivity contribution is 7.47.